The van der Waals surface area contributed by atoms with Gasteiger partial charge in [0.2, 0.25) is 0 Å². The molecule has 0 bridgehead atoms. The number of para-hydroxylation sites is 1. The summed E-state index contributed by atoms with van der Waals surface area (Å²) in [5.41, 5.74) is 1.34. The summed E-state index contributed by atoms with van der Waals surface area (Å²) >= 11 is 0. The molecule has 0 radical (unpaired) electrons. The molecular weight excluding hydrogens is 160 g/mol. The quantitative estimate of drug-likeness (QED) is 0.595. The van der Waals surface area contributed by atoms with Gasteiger partial charge in [-0.1, -0.05) is 24.3 Å². The molecule has 1 aromatic rings. The van der Waals surface area contributed by atoms with Crippen molar-refractivity contribution in [3.05, 3.63) is 42.0 Å². The lowest BCUT2D eigenvalue weighted by atomic mass is 10.0. The topological polar surface area (TPSA) is 9.23 Å². The molecule has 1 aliphatic heterocycles. The molecule has 1 heterocycles. The largest absolute Gasteiger partial charge is 0.486 e. The molecule has 13 heavy (non-hydrogen) atoms. The van der Waals surface area contributed by atoms with Gasteiger partial charge in [0.05, 0.1) is 0 Å². The van der Waals surface area contributed by atoms with E-state index in [0.717, 1.165) is 18.6 Å². The maximum Gasteiger partial charge on any atom is 0.123 e. The summed E-state index contributed by atoms with van der Waals surface area (Å²) in [6.07, 6.45) is 6.68. The molecule has 68 valence electrons. The maximum absolute atomic E-state index is 5.79. The van der Waals surface area contributed by atoms with Crippen LogP contribution in [0.15, 0.2) is 36.4 Å². The molecule has 0 fully saturated rings. The second-order valence-corrected chi connectivity index (χ2v) is 3.33. The Labute approximate surface area is 79.0 Å². The Morgan fingerprint density at radius 3 is 3.08 bits per heavy atom. The van der Waals surface area contributed by atoms with E-state index in [1.165, 1.54) is 5.56 Å². The Morgan fingerprint density at radius 2 is 2.23 bits per heavy atom. The van der Waals surface area contributed by atoms with Crippen molar-refractivity contribution < 1.29 is 4.74 Å². The zero-order valence-corrected chi connectivity index (χ0v) is 7.86. The van der Waals surface area contributed by atoms with E-state index in [-0.39, 0.29) is 6.10 Å². The SMILES string of the molecule is CC=C[C@H]1CCc2ccccc2O1. The van der Waals surface area contributed by atoms with Crippen LogP contribution in [-0.2, 0) is 6.42 Å². The van der Waals surface area contributed by atoms with Gasteiger partial charge in [-0.15, -0.1) is 0 Å². The molecule has 0 saturated heterocycles. The van der Waals surface area contributed by atoms with E-state index >= 15 is 0 Å². The van der Waals surface area contributed by atoms with Gasteiger partial charge in [0.15, 0.2) is 0 Å². The molecule has 0 saturated carbocycles. The third-order valence-corrected chi connectivity index (χ3v) is 2.36. The lowest BCUT2D eigenvalue weighted by Gasteiger charge is -2.23. The van der Waals surface area contributed by atoms with Gasteiger partial charge in [-0.3, -0.25) is 0 Å². The molecule has 1 aromatic carbocycles. The standard InChI is InChI=1S/C12H14O/c1-2-5-11-9-8-10-6-3-4-7-12(10)13-11/h2-7,11H,8-9H2,1H3/t11-/m0/s1. The number of ether oxygens (including phenoxy) is 1. The third kappa shape index (κ3) is 1.74. The Morgan fingerprint density at radius 1 is 1.38 bits per heavy atom. The summed E-state index contributed by atoms with van der Waals surface area (Å²) in [6, 6.07) is 8.28. The predicted octanol–water partition coefficient (Wildman–Crippen LogP) is 2.96. The van der Waals surface area contributed by atoms with Gasteiger partial charge in [0, 0.05) is 0 Å². The molecule has 0 unspecified atom stereocenters. The zero-order valence-electron chi connectivity index (χ0n) is 7.86. The molecule has 1 aliphatic rings. The molecule has 1 atom stereocenters. The van der Waals surface area contributed by atoms with Gasteiger partial charge in [0.25, 0.3) is 0 Å². The van der Waals surface area contributed by atoms with Gasteiger partial charge in [-0.05, 0) is 37.5 Å². The maximum atomic E-state index is 5.79. The van der Waals surface area contributed by atoms with E-state index in [9.17, 15) is 0 Å². The number of rotatable bonds is 1. The van der Waals surface area contributed by atoms with Crippen LogP contribution >= 0.6 is 0 Å². The van der Waals surface area contributed by atoms with Crippen LogP contribution < -0.4 is 4.74 Å². The van der Waals surface area contributed by atoms with Crippen LogP contribution in [-0.4, -0.2) is 6.10 Å². The molecule has 0 spiro atoms. The second kappa shape index (κ2) is 3.65. The lowest BCUT2D eigenvalue weighted by molar-refractivity contribution is 0.218. The summed E-state index contributed by atoms with van der Waals surface area (Å²) in [4.78, 5) is 0. The normalized spacial score (nSPS) is 21.2. The van der Waals surface area contributed by atoms with E-state index in [4.69, 9.17) is 4.74 Å². The fraction of sp³-hybridized carbons (Fsp3) is 0.333. The zero-order chi connectivity index (χ0) is 9.10. The van der Waals surface area contributed by atoms with Gasteiger partial charge in [-0.2, -0.15) is 0 Å². The Balaban J connectivity index is 2.19. The molecule has 0 aromatic heterocycles. The molecular formula is C12H14O. The van der Waals surface area contributed by atoms with Crippen LogP contribution in [0.25, 0.3) is 0 Å². The summed E-state index contributed by atoms with van der Waals surface area (Å²) in [7, 11) is 0. The van der Waals surface area contributed by atoms with Crippen LogP contribution in [0.1, 0.15) is 18.9 Å². The number of hydrogen-bond donors (Lipinski definition) is 0. The lowest BCUT2D eigenvalue weighted by Crippen LogP contribution is -2.19. The minimum Gasteiger partial charge on any atom is -0.486 e. The average Bonchev–Trinajstić information content (AvgIpc) is 2.18. The number of benzene rings is 1. The smallest absolute Gasteiger partial charge is 0.123 e. The number of allylic oxidation sites excluding steroid dienone is 1. The first kappa shape index (κ1) is 8.36. The highest BCUT2D eigenvalue weighted by molar-refractivity contribution is 5.35. The van der Waals surface area contributed by atoms with Crippen molar-refractivity contribution in [2.45, 2.75) is 25.9 Å². The van der Waals surface area contributed by atoms with Crippen LogP contribution in [0, 0.1) is 0 Å². The van der Waals surface area contributed by atoms with E-state index in [1.807, 2.05) is 19.1 Å². The summed E-state index contributed by atoms with van der Waals surface area (Å²) in [6.45, 7) is 2.03. The van der Waals surface area contributed by atoms with Gasteiger partial charge >= 0.3 is 0 Å². The minimum absolute atomic E-state index is 0.278. The van der Waals surface area contributed by atoms with Crippen molar-refractivity contribution in [2.75, 3.05) is 0 Å². The highest BCUT2D eigenvalue weighted by atomic mass is 16.5. The van der Waals surface area contributed by atoms with Crippen molar-refractivity contribution in [1.29, 1.82) is 0 Å². The molecule has 0 aliphatic carbocycles. The van der Waals surface area contributed by atoms with Crippen LogP contribution in [0.3, 0.4) is 0 Å². The number of fused-ring (bicyclic) bond motifs is 1. The molecule has 0 amide bonds. The first-order valence-electron chi connectivity index (χ1n) is 4.77. The minimum atomic E-state index is 0.278. The van der Waals surface area contributed by atoms with Crippen molar-refractivity contribution in [1.82, 2.24) is 0 Å². The van der Waals surface area contributed by atoms with E-state index in [2.05, 4.69) is 24.3 Å². The molecule has 0 N–H and O–H groups in total. The summed E-state index contributed by atoms with van der Waals surface area (Å²) < 4.78 is 5.79. The molecule has 1 nitrogen and oxygen atoms in total. The summed E-state index contributed by atoms with van der Waals surface area (Å²) in [5, 5.41) is 0. The van der Waals surface area contributed by atoms with E-state index < -0.39 is 0 Å². The Hall–Kier alpha value is -1.24. The Kier molecular flexibility index (Phi) is 2.35. The fourth-order valence-electron chi connectivity index (χ4n) is 1.70. The van der Waals surface area contributed by atoms with Crippen molar-refractivity contribution >= 4 is 0 Å². The Bertz CT molecular complexity index is 315. The predicted molar refractivity (Wildman–Crippen MR) is 54.0 cm³/mol. The van der Waals surface area contributed by atoms with Gasteiger partial charge in [-0.25, -0.2) is 0 Å². The third-order valence-electron chi connectivity index (χ3n) is 2.36. The van der Waals surface area contributed by atoms with Gasteiger partial charge < -0.3 is 4.74 Å². The summed E-state index contributed by atoms with van der Waals surface area (Å²) in [5.74, 6) is 1.05. The van der Waals surface area contributed by atoms with Crippen molar-refractivity contribution in [3.63, 3.8) is 0 Å². The first-order chi connectivity index (χ1) is 6.40. The van der Waals surface area contributed by atoms with Crippen LogP contribution in [0.5, 0.6) is 5.75 Å². The average molecular weight is 174 g/mol. The molecule has 1 heteroatoms. The highest BCUT2D eigenvalue weighted by Gasteiger charge is 2.15. The number of aryl methyl sites for hydroxylation is 1. The van der Waals surface area contributed by atoms with E-state index in [1.54, 1.807) is 0 Å². The van der Waals surface area contributed by atoms with Crippen LogP contribution in [0.2, 0.25) is 0 Å². The van der Waals surface area contributed by atoms with Gasteiger partial charge in [0.1, 0.15) is 11.9 Å². The first-order valence-corrected chi connectivity index (χ1v) is 4.77. The van der Waals surface area contributed by atoms with E-state index in [0.29, 0.717) is 0 Å². The highest BCUT2D eigenvalue weighted by Crippen LogP contribution is 2.27. The van der Waals surface area contributed by atoms with Crippen LogP contribution in [0.4, 0.5) is 0 Å². The number of hydrogen-bond acceptors (Lipinski definition) is 1. The van der Waals surface area contributed by atoms with Crippen molar-refractivity contribution in [3.8, 4) is 5.75 Å². The monoisotopic (exact) mass is 174 g/mol. The fourth-order valence-corrected chi connectivity index (χ4v) is 1.70. The second-order valence-electron chi connectivity index (χ2n) is 3.33. The molecule has 2 rings (SSSR count). The van der Waals surface area contributed by atoms with Crippen molar-refractivity contribution in [2.24, 2.45) is 0 Å².